The average Bonchev–Trinajstić information content (AvgIpc) is 2.78. The summed E-state index contributed by atoms with van der Waals surface area (Å²) in [5.41, 5.74) is 6.69. The van der Waals surface area contributed by atoms with Gasteiger partial charge in [-0.2, -0.15) is 0 Å². The van der Waals surface area contributed by atoms with Crippen LogP contribution in [0.2, 0.25) is 0 Å². The minimum Gasteiger partial charge on any atom is -0.391 e. The van der Waals surface area contributed by atoms with E-state index >= 15 is 0 Å². The summed E-state index contributed by atoms with van der Waals surface area (Å²) in [5, 5.41) is 12.9. The van der Waals surface area contributed by atoms with Gasteiger partial charge in [0, 0.05) is 43.0 Å². The quantitative estimate of drug-likeness (QED) is 0.569. The average molecular weight is 440 g/mol. The molecular weight excluding hydrogens is 418 g/mol. The number of nitrogens with one attached hydrogen (secondary N) is 1. The summed E-state index contributed by atoms with van der Waals surface area (Å²) < 4.78 is 28.4. The normalized spacial score (nSPS) is 20.8. The Bertz CT molecular complexity index is 1130. The molecule has 1 aliphatic rings. The predicted octanol–water partition coefficient (Wildman–Crippen LogP) is 2.21. The van der Waals surface area contributed by atoms with Gasteiger partial charge in [0.15, 0.2) is 5.82 Å². The largest absolute Gasteiger partial charge is 0.391 e. The molecule has 4 heterocycles. The second-order valence-electron chi connectivity index (χ2n) is 7.77. The summed E-state index contributed by atoms with van der Waals surface area (Å²) in [7, 11) is 0. The van der Waals surface area contributed by atoms with Crippen LogP contribution in [-0.4, -0.2) is 51.2 Å². The molecule has 1 fully saturated rings. The third-order valence-electron chi connectivity index (χ3n) is 5.45. The maximum Gasteiger partial charge on any atom is 0.274 e. The molecule has 1 amide bonds. The predicted molar refractivity (Wildman–Crippen MR) is 115 cm³/mol. The first-order valence-electron chi connectivity index (χ1n) is 10.1. The number of carbonyl (C=O) groups is 1. The van der Waals surface area contributed by atoms with Crippen LogP contribution in [0.4, 0.5) is 20.2 Å². The summed E-state index contributed by atoms with van der Waals surface area (Å²) in [5.74, 6) is -2.18. The summed E-state index contributed by atoms with van der Waals surface area (Å²) >= 11 is 0. The second-order valence-corrected chi connectivity index (χ2v) is 7.77. The van der Waals surface area contributed by atoms with E-state index in [0.717, 1.165) is 12.3 Å². The molecule has 1 aliphatic heterocycles. The zero-order valence-corrected chi connectivity index (χ0v) is 17.2. The van der Waals surface area contributed by atoms with Crippen LogP contribution in [0, 0.1) is 17.6 Å². The van der Waals surface area contributed by atoms with Crippen molar-refractivity contribution >= 4 is 17.3 Å². The van der Waals surface area contributed by atoms with E-state index in [1.165, 1.54) is 24.5 Å². The number of rotatable bonds is 4. The van der Waals surface area contributed by atoms with Crippen molar-refractivity contribution in [3.8, 4) is 11.3 Å². The minimum absolute atomic E-state index is 0.0629. The smallest absolute Gasteiger partial charge is 0.274 e. The Labute approximate surface area is 183 Å². The van der Waals surface area contributed by atoms with Gasteiger partial charge < -0.3 is 21.1 Å². The highest BCUT2D eigenvalue weighted by molar-refractivity contribution is 6.04. The van der Waals surface area contributed by atoms with Crippen molar-refractivity contribution in [1.29, 1.82) is 0 Å². The summed E-state index contributed by atoms with van der Waals surface area (Å²) in [6.07, 6.45) is 4.73. The van der Waals surface area contributed by atoms with E-state index in [4.69, 9.17) is 5.73 Å². The van der Waals surface area contributed by atoms with E-state index in [-0.39, 0.29) is 22.9 Å². The fourth-order valence-electron chi connectivity index (χ4n) is 3.78. The molecule has 32 heavy (non-hydrogen) atoms. The molecule has 1 saturated heterocycles. The maximum absolute atomic E-state index is 14.3. The number of carbonyl (C=O) groups excluding carboxylic acids is 1. The Hall–Kier alpha value is -3.50. The number of aliphatic hydroxyl groups is 1. The number of halogens is 2. The van der Waals surface area contributed by atoms with Crippen LogP contribution in [0.5, 0.6) is 0 Å². The lowest BCUT2D eigenvalue weighted by atomic mass is 9.92. The van der Waals surface area contributed by atoms with Crippen LogP contribution in [-0.2, 0) is 0 Å². The van der Waals surface area contributed by atoms with E-state index in [1.807, 2.05) is 11.8 Å². The van der Waals surface area contributed by atoms with Gasteiger partial charge in [0.05, 0.1) is 29.9 Å². The van der Waals surface area contributed by atoms with Gasteiger partial charge in [0.2, 0.25) is 0 Å². The van der Waals surface area contributed by atoms with E-state index in [9.17, 15) is 18.7 Å². The Morgan fingerprint density at radius 1 is 1.12 bits per heavy atom. The molecule has 4 N–H and O–H groups in total. The zero-order chi connectivity index (χ0) is 22.8. The molecule has 3 atom stereocenters. The Kier molecular flexibility index (Phi) is 6.06. The van der Waals surface area contributed by atoms with Gasteiger partial charge in [-0.05, 0) is 24.3 Å². The number of hydrogen-bond acceptors (Lipinski definition) is 7. The number of amides is 1. The van der Waals surface area contributed by atoms with Crippen LogP contribution in [0.25, 0.3) is 11.3 Å². The van der Waals surface area contributed by atoms with Gasteiger partial charge in [-0.3, -0.25) is 14.8 Å². The first-order chi connectivity index (χ1) is 15.3. The molecule has 0 radical (unpaired) electrons. The van der Waals surface area contributed by atoms with Crippen molar-refractivity contribution < 1.29 is 18.7 Å². The molecule has 0 bridgehead atoms. The fourth-order valence-corrected chi connectivity index (χ4v) is 3.78. The monoisotopic (exact) mass is 440 g/mol. The second kappa shape index (κ2) is 8.93. The molecule has 8 nitrogen and oxygen atoms in total. The Morgan fingerprint density at radius 2 is 1.88 bits per heavy atom. The first-order valence-corrected chi connectivity index (χ1v) is 10.1. The standard InChI is InChI=1S/C22H22F2N6O2/c1-12-10-30(11-16(25)21(12)31)19-5-7-27-9-18(19)29-22(32)17-3-2-14(23)20(28-17)13-4-6-26-8-15(13)24/h2-9,12,16,21,31H,10-11,25H2,1H3,(H,29,32)/t12-,16+,21+/m0/s1. The highest BCUT2D eigenvalue weighted by Gasteiger charge is 2.32. The van der Waals surface area contributed by atoms with Crippen LogP contribution in [0.15, 0.2) is 49.1 Å². The lowest BCUT2D eigenvalue weighted by Gasteiger charge is -2.40. The number of hydrogen-bond donors (Lipinski definition) is 3. The third-order valence-corrected chi connectivity index (χ3v) is 5.45. The van der Waals surface area contributed by atoms with Gasteiger partial charge in [0.1, 0.15) is 17.2 Å². The number of nitrogens with two attached hydrogens (primary N) is 1. The van der Waals surface area contributed by atoms with Crippen LogP contribution in [0.3, 0.4) is 0 Å². The number of aromatic nitrogens is 3. The summed E-state index contributed by atoms with van der Waals surface area (Å²) in [4.78, 5) is 26.6. The van der Waals surface area contributed by atoms with Crippen molar-refractivity contribution in [2.75, 3.05) is 23.3 Å². The van der Waals surface area contributed by atoms with Crippen molar-refractivity contribution in [3.63, 3.8) is 0 Å². The van der Waals surface area contributed by atoms with Crippen molar-refractivity contribution in [2.24, 2.45) is 11.7 Å². The van der Waals surface area contributed by atoms with Gasteiger partial charge >= 0.3 is 0 Å². The number of anilines is 2. The van der Waals surface area contributed by atoms with Crippen molar-refractivity contribution in [1.82, 2.24) is 15.0 Å². The van der Waals surface area contributed by atoms with Gasteiger partial charge in [-0.25, -0.2) is 13.8 Å². The van der Waals surface area contributed by atoms with Gasteiger partial charge in [0.25, 0.3) is 5.91 Å². The van der Waals surface area contributed by atoms with Gasteiger partial charge in [-0.15, -0.1) is 0 Å². The van der Waals surface area contributed by atoms with E-state index in [0.29, 0.717) is 24.5 Å². The summed E-state index contributed by atoms with van der Waals surface area (Å²) in [6.45, 7) is 2.85. The number of pyridine rings is 3. The zero-order valence-electron chi connectivity index (χ0n) is 17.2. The molecule has 10 heteroatoms. The molecule has 0 aromatic carbocycles. The first kappa shape index (κ1) is 21.7. The number of aliphatic hydroxyl groups excluding tert-OH is 1. The lowest BCUT2D eigenvalue weighted by Crippen LogP contribution is -2.55. The SMILES string of the molecule is C[C@H]1CN(c2ccncc2NC(=O)c2ccc(F)c(-c3ccncc3F)n2)C[C@@H](N)[C@@H]1O. The molecule has 3 aromatic rings. The minimum atomic E-state index is -0.761. The van der Waals surface area contributed by atoms with Crippen LogP contribution < -0.4 is 16.0 Å². The van der Waals surface area contributed by atoms with Gasteiger partial charge in [-0.1, -0.05) is 6.92 Å². The number of nitrogens with zero attached hydrogens (tertiary/aromatic N) is 4. The van der Waals surface area contributed by atoms with E-state index < -0.39 is 29.7 Å². The van der Waals surface area contributed by atoms with Crippen LogP contribution in [0.1, 0.15) is 17.4 Å². The summed E-state index contributed by atoms with van der Waals surface area (Å²) in [6, 6.07) is 4.87. The molecule has 0 spiro atoms. The highest BCUT2D eigenvalue weighted by Crippen LogP contribution is 2.30. The lowest BCUT2D eigenvalue weighted by molar-refractivity contribution is 0.0785. The fraction of sp³-hybridized carbons (Fsp3) is 0.273. The van der Waals surface area contributed by atoms with Crippen molar-refractivity contribution in [2.45, 2.75) is 19.1 Å². The Balaban J connectivity index is 1.61. The topological polar surface area (TPSA) is 117 Å². The molecule has 0 aliphatic carbocycles. The molecule has 4 rings (SSSR count). The van der Waals surface area contributed by atoms with E-state index in [2.05, 4.69) is 20.3 Å². The highest BCUT2D eigenvalue weighted by atomic mass is 19.1. The maximum atomic E-state index is 14.3. The molecular formula is C22H22F2N6O2. The number of piperidine rings is 1. The molecule has 166 valence electrons. The van der Waals surface area contributed by atoms with Crippen molar-refractivity contribution in [3.05, 3.63) is 66.4 Å². The molecule has 0 unspecified atom stereocenters. The third kappa shape index (κ3) is 4.27. The molecule has 3 aromatic heterocycles. The van der Waals surface area contributed by atoms with E-state index in [1.54, 1.807) is 12.3 Å². The molecule has 0 saturated carbocycles. The Morgan fingerprint density at radius 3 is 2.62 bits per heavy atom. The van der Waals surface area contributed by atoms with Crippen LogP contribution >= 0.6 is 0 Å².